The van der Waals surface area contributed by atoms with E-state index in [2.05, 4.69) is 15.8 Å². The Kier molecular flexibility index (Phi) is 8.87. The SMILES string of the molecule is O=C(N/N=C/c1ccc(OCC(O)CNCc2ccc(C(F)(F)F)cc2)c2ccccc12)c1ccc(O)c(O)c1. The highest BCUT2D eigenvalue weighted by Gasteiger charge is 2.29. The Labute approximate surface area is 227 Å². The summed E-state index contributed by atoms with van der Waals surface area (Å²) in [6, 6.07) is 19.3. The summed E-state index contributed by atoms with van der Waals surface area (Å²) in [7, 11) is 0. The molecule has 0 radical (unpaired) electrons. The van der Waals surface area contributed by atoms with Gasteiger partial charge < -0.3 is 25.4 Å². The van der Waals surface area contributed by atoms with Crippen LogP contribution in [0.1, 0.15) is 27.0 Å². The molecule has 11 heteroatoms. The van der Waals surface area contributed by atoms with E-state index in [1.807, 2.05) is 24.3 Å². The van der Waals surface area contributed by atoms with E-state index in [4.69, 9.17) is 4.74 Å². The van der Waals surface area contributed by atoms with Gasteiger partial charge in [0.05, 0.1) is 11.8 Å². The van der Waals surface area contributed by atoms with Gasteiger partial charge in [-0.1, -0.05) is 36.4 Å². The van der Waals surface area contributed by atoms with Crippen molar-refractivity contribution in [3.63, 3.8) is 0 Å². The highest BCUT2D eigenvalue weighted by atomic mass is 19.4. The fourth-order valence-electron chi connectivity index (χ4n) is 3.86. The lowest BCUT2D eigenvalue weighted by Crippen LogP contribution is -2.31. The van der Waals surface area contributed by atoms with Crippen molar-refractivity contribution in [1.29, 1.82) is 0 Å². The summed E-state index contributed by atoms with van der Waals surface area (Å²) in [5.41, 5.74) is 3.12. The van der Waals surface area contributed by atoms with Crippen molar-refractivity contribution in [3.8, 4) is 17.2 Å². The minimum atomic E-state index is -4.38. The molecule has 0 saturated heterocycles. The molecule has 1 unspecified atom stereocenters. The Morgan fingerprint density at radius 3 is 2.38 bits per heavy atom. The van der Waals surface area contributed by atoms with Gasteiger partial charge in [0.1, 0.15) is 18.5 Å². The number of halogens is 3. The molecule has 1 atom stereocenters. The number of hydrogen-bond acceptors (Lipinski definition) is 7. The Balaban J connectivity index is 1.32. The number of nitrogens with zero attached hydrogens (tertiary/aromatic N) is 1. The molecule has 0 aliphatic heterocycles. The van der Waals surface area contributed by atoms with Gasteiger partial charge in [-0.25, -0.2) is 5.43 Å². The maximum absolute atomic E-state index is 12.7. The molecular weight excluding hydrogens is 527 g/mol. The molecule has 208 valence electrons. The van der Waals surface area contributed by atoms with Crippen LogP contribution < -0.4 is 15.5 Å². The molecule has 0 aromatic heterocycles. The Morgan fingerprint density at radius 1 is 0.950 bits per heavy atom. The number of amides is 1. The van der Waals surface area contributed by atoms with Crippen LogP contribution in [-0.4, -0.2) is 46.7 Å². The second-order valence-corrected chi connectivity index (χ2v) is 8.89. The van der Waals surface area contributed by atoms with E-state index in [1.54, 1.807) is 12.1 Å². The first-order valence-corrected chi connectivity index (χ1v) is 12.2. The molecular formula is C29H26F3N3O5. The normalized spacial score (nSPS) is 12.5. The second kappa shape index (κ2) is 12.5. The van der Waals surface area contributed by atoms with Crippen LogP contribution in [0.25, 0.3) is 10.8 Å². The van der Waals surface area contributed by atoms with E-state index in [0.717, 1.165) is 29.0 Å². The van der Waals surface area contributed by atoms with E-state index in [1.165, 1.54) is 30.5 Å². The quantitative estimate of drug-likeness (QED) is 0.111. The number of carbonyl (C=O) groups excluding carboxylic acids is 1. The van der Waals surface area contributed by atoms with Crippen LogP contribution in [0.5, 0.6) is 17.2 Å². The number of benzene rings is 4. The summed E-state index contributed by atoms with van der Waals surface area (Å²) >= 11 is 0. The Bertz CT molecular complexity index is 1510. The maximum Gasteiger partial charge on any atom is 0.416 e. The van der Waals surface area contributed by atoms with Crippen molar-refractivity contribution >= 4 is 22.9 Å². The standard InChI is InChI=1S/C29H26F3N3O5/c30-29(31,32)21-9-5-18(6-10-21)14-33-16-22(36)17-40-27-12-8-20(23-3-1-2-4-24(23)27)15-34-35-28(39)19-7-11-25(37)26(38)13-19/h1-13,15,22,33,36-38H,14,16-17H2,(H,35,39)/b34-15+. The molecule has 4 aromatic carbocycles. The van der Waals surface area contributed by atoms with Gasteiger partial charge in [0.2, 0.25) is 0 Å². The van der Waals surface area contributed by atoms with Crippen LogP contribution in [0, 0.1) is 0 Å². The van der Waals surface area contributed by atoms with Gasteiger partial charge in [-0.05, 0) is 53.4 Å². The third-order valence-electron chi connectivity index (χ3n) is 5.95. The zero-order valence-corrected chi connectivity index (χ0v) is 21.0. The molecule has 1 amide bonds. The van der Waals surface area contributed by atoms with Crippen LogP contribution in [0.15, 0.2) is 84.0 Å². The average molecular weight is 554 g/mol. The predicted octanol–water partition coefficient (Wildman–Crippen LogP) is 4.56. The number of aromatic hydroxyl groups is 2. The summed E-state index contributed by atoms with van der Waals surface area (Å²) in [5.74, 6) is -0.802. The summed E-state index contributed by atoms with van der Waals surface area (Å²) < 4.78 is 43.9. The number of hydrogen-bond donors (Lipinski definition) is 5. The number of fused-ring (bicyclic) bond motifs is 1. The summed E-state index contributed by atoms with van der Waals surface area (Å²) in [4.78, 5) is 12.3. The fourth-order valence-corrected chi connectivity index (χ4v) is 3.86. The molecule has 0 heterocycles. The molecule has 4 aromatic rings. The molecule has 0 aliphatic rings. The minimum Gasteiger partial charge on any atom is -0.504 e. The highest BCUT2D eigenvalue weighted by Crippen LogP contribution is 2.30. The lowest BCUT2D eigenvalue weighted by atomic mass is 10.0. The Hall–Kier alpha value is -4.61. The maximum atomic E-state index is 12.7. The van der Waals surface area contributed by atoms with Crippen molar-refractivity contribution in [2.75, 3.05) is 13.2 Å². The first-order chi connectivity index (χ1) is 19.1. The molecule has 0 aliphatic carbocycles. The van der Waals surface area contributed by atoms with Gasteiger partial charge in [-0.2, -0.15) is 18.3 Å². The highest BCUT2D eigenvalue weighted by molar-refractivity contribution is 6.03. The number of alkyl halides is 3. The van der Waals surface area contributed by atoms with Gasteiger partial charge in [-0.3, -0.25) is 4.79 Å². The topological polar surface area (TPSA) is 123 Å². The zero-order chi connectivity index (χ0) is 28.7. The molecule has 0 fully saturated rings. The number of phenols is 2. The average Bonchev–Trinajstić information content (AvgIpc) is 2.93. The number of rotatable bonds is 10. The number of aliphatic hydroxyl groups excluding tert-OH is 1. The van der Waals surface area contributed by atoms with E-state index >= 15 is 0 Å². The smallest absolute Gasteiger partial charge is 0.416 e. The van der Waals surface area contributed by atoms with Gasteiger partial charge in [0.15, 0.2) is 11.5 Å². The van der Waals surface area contributed by atoms with Gasteiger partial charge in [0.25, 0.3) is 5.91 Å². The van der Waals surface area contributed by atoms with Crippen LogP contribution in [-0.2, 0) is 12.7 Å². The van der Waals surface area contributed by atoms with Gasteiger partial charge in [0, 0.05) is 29.6 Å². The van der Waals surface area contributed by atoms with E-state index in [9.17, 15) is 33.3 Å². The van der Waals surface area contributed by atoms with Crippen molar-refractivity contribution in [1.82, 2.24) is 10.7 Å². The second-order valence-electron chi connectivity index (χ2n) is 8.89. The van der Waals surface area contributed by atoms with E-state index < -0.39 is 29.5 Å². The van der Waals surface area contributed by atoms with Crippen LogP contribution >= 0.6 is 0 Å². The molecule has 0 bridgehead atoms. The third kappa shape index (κ3) is 7.28. The minimum absolute atomic E-state index is 0.0209. The van der Waals surface area contributed by atoms with Crippen LogP contribution in [0.3, 0.4) is 0 Å². The molecule has 40 heavy (non-hydrogen) atoms. The third-order valence-corrected chi connectivity index (χ3v) is 5.95. The molecule has 4 rings (SSSR count). The monoisotopic (exact) mass is 553 g/mol. The first kappa shape index (κ1) is 28.4. The number of phenolic OH excluding ortho intramolecular Hbond substituents is 2. The zero-order valence-electron chi connectivity index (χ0n) is 21.0. The number of ether oxygens (including phenoxy) is 1. The molecule has 5 N–H and O–H groups in total. The molecule has 8 nitrogen and oxygen atoms in total. The predicted molar refractivity (Wildman–Crippen MR) is 143 cm³/mol. The van der Waals surface area contributed by atoms with E-state index in [0.29, 0.717) is 16.9 Å². The largest absolute Gasteiger partial charge is 0.504 e. The lowest BCUT2D eigenvalue weighted by molar-refractivity contribution is -0.137. The number of hydrazone groups is 1. The summed E-state index contributed by atoms with van der Waals surface area (Å²) in [6.07, 6.45) is -3.79. The summed E-state index contributed by atoms with van der Waals surface area (Å²) in [5, 5.41) is 37.8. The number of nitrogens with one attached hydrogen (secondary N) is 2. The van der Waals surface area contributed by atoms with Crippen LogP contribution in [0.2, 0.25) is 0 Å². The lowest BCUT2D eigenvalue weighted by Gasteiger charge is -2.15. The fraction of sp³-hybridized carbons (Fsp3) is 0.172. The number of aliphatic hydroxyl groups is 1. The summed E-state index contributed by atoms with van der Waals surface area (Å²) in [6.45, 7) is 0.436. The number of carbonyl (C=O) groups is 1. The van der Waals surface area contributed by atoms with E-state index in [-0.39, 0.29) is 31.0 Å². The van der Waals surface area contributed by atoms with Crippen molar-refractivity contribution in [2.45, 2.75) is 18.8 Å². The molecule has 0 spiro atoms. The van der Waals surface area contributed by atoms with Gasteiger partial charge in [-0.15, -0.1) is 0 Å². The van der Waals surface area contributed by atoms with Gasteiger partial charge >= 0.3 is 6.18 Å². The van der Waals surface area contributed by atoms with Crippen molar-refractivity contribution in [3.05, 3.63) is 101 Å². The van der Waals surface area contributed by atoms with Crippen molar-refractivity contribution < 1.29 is 38.0 Å². The van der Waals surface area contributed by atoms with Crippen molar-refractivity contribution in [2.24, 2.45) is 5.10 Å². The molecule has 0 saturated carbocycles. The Morgan fingerprint density at radius 2 is 1.68 bits per heavy atom. The first-order valence-electron chi connectivity index (χ1n) is 12.2. The van der Waals surface area contributed by atoms with Crippen LogP contribution in [0.4, 0.5) is 13.2 Å².